The molecule has 2 aliphatic rings. The number of nitrogens with zero attached hydrogens (tertiary/aromatic N) is 2. The van der Waals surface area contributed by atoms with Crippen LogP contribution >= 0.6 is 11.3 Å². The SMILES string of the molecule is Cc1csc(NC(=O)N2C[C@@H]3CCC[C@@]3(C(=O)O)C2)n1. The van der Waals surface area contributed by atoms with E-state index in [0.29, 0.717) is 24.6 Å². The fourth-order valence-corrected chi connectivity index (χ4v) is 4.05. The van der Waals surface area contributed by atoms with E-state index in [1.54, 1.807) is 4.90 Å². The van der Waals surface area contributed by atoms with Crippen molar-refractivity contribution in [1.29, 1.82) is 0 Å². The van der Waals surface area contributed by atoms with Crippen molar-refractivity contribution >= 4 is 28.5 Å². The van der Waals surface area contributed by atoms with Crippen LogP contribution in [0.1, 0.15) is 25.0 Å². The fourth-order valence-electron chi connectivity index (χ4n) is 3.38. The highest BCUT2D eigenvalue weighted by molar-refractivity contribution is 7.13. The molecule has 1 aromatic rings. The van der Waals surface area contributed by atoms with Crippen molar-refractivity contribution in [1.82, 2.24) is 9.88 Å². The minimum absolute atomic E-state index is 0.0868. The number of aryl methyl sites for hydroxylation is 1. The molecule has 1 aliphatic carbocycles. The Morgan fingerprint density at radius 3 is 3.00 bits per heavy atom. The lowest BCUT2D eigenvalue weighted by atomic mass is 9.81. The highest BCUT2D eigenvalue weighted by Gasteiger charge is 2.55. The van der Waals surface area contributed by atoms with Gasteiger partial charge in [-0.2, -0.15) is 0 Å². The number of amides is 2. The summed E-state index contributed by atoms with van der Waals surface area (Å²) in [5, 5.41) is 14.7. The average molecular weight is 295 g/mol. The fraction of sp³-hybridized carbons (Fsp3) is 0.615. The number of urea groups is 1. The quantitative estimate of drug-likeness (QED) is 0.876. The number of rotatable bonds is 2. The first-order valence-corrected chi connectivity index (χ1v) is 7.61. The Balaban J connectivity index is 1.70. The van der Waals surface area contributed by atoms with Gasteiger partial charge in [-0.25, -0.2) is 9.78 Å². The van der Waals surface area contributed by atoms with Crippen LogP contribution < -0.4 is 5.32 Å². The van der Waals surface area contributed by atoms with Crippen molar-refractivity contribution in [3.63, 3.8) is 0 Å². The summed E-state index contributed by atoms with van der Waals surface area (Å²) in [6.07, 6.45) is 2.51. The van der Waals surface area contributed by atoms with Crippen LogP contribution in [0.4, 0.5) is 9.93 Å². The molecular weight excluding hydrogens is 278 g/mol. The van der Waals surface area contributed by atoms with Gasteiger partial charge in [-0.15, -0.1) is 11.3 Å². The minimum Gasteiger partial charge on any atom is -0.481 e. The van der Waals surface area contributed by atoms with Crippen LogP contribution in [-0.2, 0) is 4.79 Å². The number of carbonyl (C=O) groups is 2. The standard InChI is InChI=1S/C13H17N3O3S/c1-8-6-20-11(14-8)15-12(19)16-5-9-3-2-4-13(9,7-16)10(17)18/h6,9H,2-5,7H2,1H3,(H,17,18)(H,14,15,19)/t9-,13+/m0/s1. The average Bonchev–Trinajstić information content (AvgIpc) is 3.02. The van der Waals surface area contributed by atoms with E-state index in [0.717, 1.165) is 18.5 Å². The number of fused-ring (bicyclic) bond motifs is 1. The maximum atomic E-state index is 12.2. The van der Waals surface area contributed by atoms with E-state index in [2.05, 4.69) is 10.3 Å². The number of aliphatic carboxylic acids is 1. The maximum Gasteiger partial charge on any atom is 0.323 e. The normalized spacial score (nSPS) is 28.4. The topological polar surface area (TPSA) is 82.5 Å². The maximum absolute atomic E-state index is 12.2. The van der Waals surface area contributed by atoms with Crippen molar-refractivity contribution in [2.24, 2.45) is 11.3 Å². The molecule has 1 aliphatic heterocycles. The number of thiazole rings is 1. The van der Waals surface area contributed by atoms with Gasteiger partial charge in [0.25, 0.3) is 0 Å². The van der Waals surface area contributed by atoms with E-state index >= 15 is 0 Å². The van der Waals surface area contributed by atoms with Gasteiger partial charge in [-0.3, -0.25) is 10.1 Å². The molecule has 6 nitrogen and oxygen atoms in total. The highest BCUT2D eigenvalue weighted by atomic mass is 32.1. The van der Waals surface area contributed by atoms with Gasteiger partial charge >= 0.3 is 12.0 Å². The van der Waals surface area contributed by atoms with Crippen molar-refractivity contribution < 1.29 is 14.7 Å². The van der Waals surface area contributed by atoms with E-state index < -0.39 is 11.4 Å². The second-order valence-corrected chi connectivity index (χ2v) is 6.51. The first-order valence-electron chi connectivity index (χ1n) is 6.73. The van der Waals surface area contributed by atoms with Crippen molar-refractivity contribution in [2.75, 3.05) is 18.4 Å². The summed E-state index contributed by atoms with van der Waals surface area (Å²) in [4.78, 5) is 29.6. The molecular formula is C13H17N3O3S. The third-order valence-corrected chi connectivity index (χ3v) is 5.29. The van der Waals surface area contributed by atoms with Crippen LogP contribution in [0.5, 0.6) is 0 Å². The lowest BCUT2D eigenvalue weighted by Crippen LogP contribution is -2.38. The van der Waals surface area contributed by atoms with E-state index in [1.165, 1.54) is 11.3 Å². The number of likely N-dealkylation sites (tertiary alicyclic amines) is 1. The van der Waals surface area contributed by atoms with Crippen molar-refractivity contribution in [2.45, 2.75) is 26.2 Å². The van der Waals surface area contributed by atoms with E-state index in [9.17, 15) is 14.7 Å². The summed E-state index contributed by atoms with van der Waals surface area (Å²) in [7, 11) is 0. The van der Waals surface area contributed by atoms with Gasteiger partial charge in [0.2, 0.25) is 0 Å². The Kier molecular flexibility index (Phi) is 3.16. The summed E-state index contributed by atoms with van der Waals surface area (Å²) in [5.41, 5.74) is 0.140. The molecule has 108 valence electrons. The van der Waals surface area contributed by atoms with Crippen LogP contribution in [0.25, 0.3) is 0 Å². The zero-order valence-electron chi connectivity index (χ0n) is 11.3. The molecule has 2 N–H and O–H groups in total. The Labute approximate surface area is 120 Å². The van der Waals surface area contributed by atoms with Crippen LogP contribution in [-0.4, -0.2) is 40.1 Å². The van der Waals surface area contributed by atoms with Crippen LogP contribution in [0, 0.1) is 18.3 Å². The van der Waals surface area contributed by atoms with Gasteiger partial charge < -0.3 is 10.0 Å². The molecule has 0 radical (unpaired) electrons. The monoisotopic (exact) mass is 295 g/mol. The number of hydrogen-bond acceptors (Lipinski definition) is 4. The highest BCUT2D eigenvalue weighted by Crippen LogP contribution is 2.48. The second kappa shape index (κ2) is 4.73. The summed E-state index contributed by atoms with van der Waals surface area (Å²) in [5.74, 6) is -0.677. The molecule has 3 rings (SSSR count). The smallest absolute Gasteiger partial charge is 0.323 e. The molecule has 0 unspecified atom stereocenters. The number of carboxylic acid groups (broad SMARTS) is 1. The Morgan fingerprint density at radius 2 is 2.40 bits per heavy atom. The summed E-state index contributed by atoms with van der Waals surface area (Å²) < 4.78 is 0. The predicted octanol–water partition coefficient (Wildman–Crippen LogP) is 2.17. The van der Waals surface area contributed by atoms with E-state index in [-0.39, 0.29) is 11.9 Å². The first-order chi connectivity index (χ1) is 9.51. The van der Waals surface area contributed by atoms with Gasteiger partial charge in [0.05, 0.1) is 11.1 Å². The predicted molar refractivity (Wildman–Crippen MR) is 74.9 cm³/mol. The molecule has 1 aromatic heterocycles. The molecule has 1 saturated carbocycles. The summed E-state index contributed by atoms with van der Waals surface area (Å²) >= 11 is 1.38. The summed E-state index contributed by atoms with van der Waals surface area (Å²) in [6.45, 7) is 2.71. The second-order valence-electron chi connectivity index (χ2n) is 5.66. The minimum atomic E-state index is -0.764. The number of aromatic nitrogens is 1. The number of carboxylic acids is 1. The van der Waals surface area contributed by atoms with E-state index in [1.807, 2.05) is 12.3 Å². The molecule has 1 saturated heterocycles. The van der Waals surface area contributed by atoms with Crippen LogP contribution in [0.15, 0.2) is 5.38 Å². The molecule has 2 fully saturated rings. The van der Waals surface area contributed by atoms with Gasteiger partial charge in [-0.1, -0.05) is 6.42 Å². The molecule has 2 heterocycles. The number of nitrogens with one attached hydrogen (secondary N) is 1. The molecule has 0 spiro atoms. The Bertz CT molecular complexity index is 559. The third-order valence-electron chi connectivity index (χ3n) is 4.42. The Hall–Kier alpha value is -1.63. The molecule has 2 atom stereocenters. The van der Waals surface area contributed by atoms with Crippen LogP contribution in [0.3, 0.4) is 0 Å². The zero-order valence-corrected chi connectivity index (χ0v) is 12.1. The van der Waals surface area contributed by atoms with Crippen molar-refractivity contribution in [3.8, 4) is 0 Å². The third kappa shape index (κ3) is 2.06. The van der Waals surface area contributed by atoms with Crippen molar-refractivity contribution in [3.05, 3.63) is 11.1 Å². The Morgan fingerprint density at radius 1 is 1.60 bits per heavy atom. The van der Waals surface area contributed by atoms with Gasteiger partial charge in [0, 0.05) is 18.5 Å². The number of hydrogen-bond donors (Lipinski definition) is 2. The van der Waals surface area contributed by atoms with Crippen LogP contribution in [0.2, 0.25) is 0 Å². The molecule has 20 heavy (non-hydrogen) atoms. The van der Waals surface area contributed by atoms with Gasteiger partial charge in [0.15, 0.2) is 5.13 Å². The zero-order chi connectivity index (χ0) is 14.3. The summed E-state index contributed by atoms with van der Waals surface area (Å²) in [6, 6.07) is -0.241. The van der Waals surface area contributed by atoms with Gasteiger partial charge in [0.1, 0.15) is 0 Å². The lowest BCUT2D eigenvalue weighted by molar-refractivity contribution is -0.149. The number of anilines is 1. The molecule has 0 aromatic carbocycles. The molecule has 7 heteroatoms. The molecule has 2 amide bonds. The molecule has 0 bridgehead atoms. The van der Waals surface area contributed by atoms with Gasteiger partial charge in [-0.05, 0) is 25.7 Å². The number of carbonyl (C=O) groups excluding carboxylic acids is 1. The van der Waals surface area contributed by atoms with E-state index in [4.69, 9.17) is 0 Å². The lowest BCUT2D eigenvalue weighted by Gasteiger charge is -2.23. The largest absolute Gasteiger partial charge is 0.481 e. The first kappa shape index (κ1) is 13.4.